The molecule has 1 N–H and O–H groups in total. The van der Waals surface area contributed by atoms with E-state index in [1.165, 1.54) is 11.3 Å². The van der Waals surface area contributed by atoms with Gasteiger partial charge in [-0.2, -0.15) is 0 Å². The normalized spacial score (nSPS) is 11.0. The molecule has 0 aliphatic heterocycles. The summed E-state index contributed by atoms with van der Waals surface area (Å²) < 4.78 is 1.87. The number of hydrogen-bond acceptors (Lipinski definition) is 3. The van der Waals surface area contributed by atoms with Gasteiger partial charge in [0, 0.05) is 34.5 Å². The molecule has 4 nitrogen and oxygen atoms in total. The molecule has 0 bridgehead atoms. The summed E-state index contributed by atoms with van der Waals surface area (Å²) in [5.41, 5.74) is 2.18. The minimum absolute atomic E-state index is 0.248. The Morgan fingerprint density at radius 3 is 2.46 bits per heavy atom. The predicted octanol–water partition coefficient (Wildman–Crippen LogP) is 5.30. The lowest BCUT2D eigenvalue weighted by Crippen LogP contribution is -2.23. The maximum Gasteiger partial charge on any atom is 0.271 e. The van der Waals surface area contributed by atoms with Gasteiger partial charge in [-0.3, -0.25) is 9.20 Å². The number of fused-ring (bicyclic) bond motifs is 1. The molecule has 1 amide bonds. The number of amides is 1. The number of halogens is 2. The Bertz CT molecular complexity index is 1040. The van der Waals surface area contributed by atoms with Gasteiger partial charge in [0.05, 0.1) is 4.88 Å². The van der Waals surface area contributed by atoms with Crippen molar-refractivity contribution in [3.63, 3.8) is 0 Å². The molecule has 2 heterocycles. The van der Waals surface area contributed by atoms with E-state index in [-0.39, 0.29) is 12.5 Å². The van der Waals surface area contributed by atoms with Gasteiger partial charge in [0.1, 0.15) is 5.69 Å². The molecular formula is C19H13Cl2N3OS. The van der Waals surface area contributed by atoms with Gasteiger partial charge in [-0.05, 0) is 17.7 Å². The van der Waals surface area contributed by atoms with E-state index in [0.717, 1.165) is 15.4 Å². The second-order valence-electron chi connectivity index (χ2n) is 5.66. The van der Waals surface area contributed by atoms with E-state index in [4.69, 9.17) is 23.2 Å². The Kier molecular flexibility index (Phi) is 4.68. The minimum Gasteiger partial charge on any atom is -0.346 e. The third kappa shape index (κ3) is 3.33. The zero-order valence-corrected chi connectivity index (χ0v) is 15.8. The fraction of sp³-hybridized carbons (Fsp3) is 0.0526. The summed E-state index contributed by atoms with van der Waals surface area (Å²) >= 11 is 13.8. The van der Waals surface area contributed by atoms with E-state index in [2.05, 4.69) is 10.3 Å². The summed E-state index contributed by atoms with van der Waals surface area (Å²) in [5, 5.41) is 3.86. The highest BCUT2D eigenvalue weighted by Gasteiger charge is 2.14. The van der Waals surface area contributed by atoms with Gasteiger partial charge in [0.25, 0.3) is 5.91 Å². The number of rotatable bonds is 4. The van der Waals surface area contributed by atoms with Crippen molar-refractivity contribution in [3.05, 3.63) is 82.2 Å². The maximum absolute atomic E-state index is 12.4. The lowest BCUT2D eigenvalue weighted by Gasteiger charge is -2.07. The van der Waals surface area contributed by atoms with Gasteiger partial charge < -0.3 is 5.32 Å². The van der Waals surface area contributed by atoms with Crippen molar-refractivity contribution >= 4 is 45.4 Å². The van der Waals surface area contributed by atoms with E-state index in [9.17, 15) is 4.79 Å². The van der Waals surface area contributed by atoms with Crippen LogP contribution < -0.4 is 5.32 Å². The first-order chi connectivity index (χ1) is 12.6. The van der Waals surface area contributed by atoms with Gasteiger partial charge in [0.15, 0.2) is 4.96 Å². The molecule has 2 aromatic carbocycles. The first-order valence-corrected chi connectivity index (χ1v) is 9.44. The molecule has 130 valence electrons. The lowest BCUT2D eigenvalue weighted by atomic mass is 10.2. The van der Waals surface area contributed by atoms with Crippen molar-refractivity contribution in [1.29, 1.82) is 0 Å². The number of carbonyl (C=O) groups is 1. The number of thiazole rings is 1. The first kappa shape index (κ1) is 17.1. The van der Waals surface area contributed by atoms with Gasteiger partial charge in [0.2, 0.25) is 0 Å². The van der Waals surface area contributed by atoms with Crippen LogP contribution in [-0.4, -0.2) is 15.3 Å². The molecule has 0 unspecified atom stereocenters. The van der Waals surface area contributed by atoms with Gasteiger partial charge >= 0.3 is 0 Å². The molecule has 0 radical (unpaired) electrons. The lowest BCUT2D eigenvalue weighted by molar-refractivity contribution is 0.0946. The summed E-state index contributed by atoms with van der Waals surface area (Å²) in [5.74, 6) is -0.266. The van der Waals surface area contributed by atoms with Crippen LogP contribution >= 0.6 is 34.5 Å². The number of imidazole rings is 1. The Balaban J connectivity index is 1.52. The SMILES string of the molecule is O=C(NCc1c(Cl)cccc1Cl)c1cn2cc(-c3ccccc3)sc2n1. The molecule has 0 atom stereocenters. The average molecular weight is 402 g/mol. The number of nitrogens with zero attached hydrogens (tertiary/aromatic N) is 2. The summed E-state index contributed by atoms with van der Waals surface area (Å²) in [6.45, 7) is 0.248. The zero-order chi connectivity index (χ0) is 18.1. The molecular weight excluding hydrogens is 389 g/mol. The van der Waals surface area contributed by atoms with Gasteiger partial charge in [-0.1, -0.05) is 70.9 Å². The van der Waals surface area contributed by atoms with E-state index < -0.39 is 0 Å². The molecule has 4 aromatic rings. The van der Waals surface area contributed by atoms with Crippen LogP contribution in [0.4, 0.5) is 0 Å². The fourth-order valence-corrected chi connectivity index (χ4v) is 4.10. The number of aromatic nitrogens is 2. The number of benzene rings is 2. The quantitative estimate of drug-likeness (QED) is 0.504. The van der Waals surface area contributed by atoms with Crippen LogP contribution in [0.25, 0.3) is 15.4 Å². The largest absolute Gasteiger partial charge is 0.346 e. The van der Waals surface area contributed by atoms with E-state index >= 15 is 0 Å². The van der Waals surface area contributed by atoms with Crippen molar-refractivity contribution < 1.29 is 4.79 Å². The Morgan fingerprint density at radius 2 is 1.77 bits per heavy atom. The Morgan fingerprint density at radius 1 is 1.04 bits per heavy atom. The number of nitrogens with one attached hydrogen (secondary N) is 1. The van der Waals surface area contributed by atoms with Crippen LogP contribution in [0.15, 0.2) is 60.9 Å². The molecule has 0 fully saturated rings. The molecule has 7 heteroatoms. The molecule has 4 rings (SSSR count). The van der Waals surface area contributed by atoms with Crippen molar-refractivity contribution in [2.75, 3.05) is 0 Å². The highest BCUT2D eigenvalue weighted by atomic mass is 35.5. The Hall–Kier alpha value is -2.34. The van der Waals surface area contributed by atoms with Crippen LogP contribution in [0.5, 0.6) is 0 Å². The summed E-state index contributed by atoms with van der Waals surface area (Å²) in [6.07, 6.45) is 3.70. The summed E-state index contributed by atoms with van der Waals surface area (Å²) in [4.78, 5) is 18.7. The second kappa shape index (κ2) is 7.11. The van der Waals surface area contributed by atoms with Crippen LogP contribution in [0.1, 0.15) is 16.1 Å². The topological polar surface area (TPSA) is 46.4 Å². The number of hydrogen-bond donors (Lipinski definition) is 1. The van der Waals surface area contributed by atoms with Crippen LogP contribution in [0.3, 0.4) is 0 Å². The van der Waals surface area contributed by atoms with E-state index in [1.807, 2.05) is 40.9 Å². The molecule has 2 aromatic heterocycles. The summed E-state index contributed by atoms with van der Waals surface area (Å²) in [7, 11) is 0. The fourth-order valence-electron chi connectivity index (χ4n) is 2.60. The number of carbonyl (C=O) groups excluding carboxylic acids is 1. The first-order valence-electron chi connectivity index (χ1n) is 7.87. The van der Waals surface area contributed by atoms with Crippen molar-refractivity contribution in [2.45, 2.75) is 6.54 Å². The van der Waals surface area contributed by atoms with Gasteiger partial charge in [-0.15, -0.1) is 0 Å². The highest BCUT2D eigenvalue weighted by molar-refractivity contribution is 7.20. The third-order valence-corrected chi connectivity index (χ3v) is 5.69. The molecule has 0 saturated carbocycles. The second-order valence-corrected chi connectivity index (χ2v) is 7.48. The average Bonchev–Trinajstić information content (AvgIpc) is 3.21. The maximum atomic E-state index is 12.4. The van der Waals surface area contributed by atoms with Crippen molar-refractivity contribution in [3.8, 4) is 10.4 Å². The van der Waals surface area contributed by atoms with Crippen LogP contribution in [0, 0.1) is 0 Å². The predicted molar refractivity (Wildman–Crippen MR) is 106 cm³/mol. The molecule has 0 aliphatic carbocycles. The van der Waals surface area contributed by atoms with Crippen LogP contribution in [-0.2, 0) is 6.54 Å². The third-order valence-electron chi connectivity index (χ3n) is 3.93. The molecule has 0 aliphatic rings. The molecule has 26 heavy (non-hydrogen) atoms. The molecule has 0 spiro atoms. The Labute approximate surface area is 164 Å². The van der Waals surface area contributed by atoms with Crippen molar-refractivity contribution in [1.82, 2.24) is 14.7 Å². The zero-order valence-electron chi connectivity index (χ0n) is 13.4. The van der Waals surface area contributed by atoms with E-state index in [0.29, 0.717) is 21.3 Å². The van der Waals surface area contributed by atoms with Crippen LogP contribution in [0.2, 0.25) is 10.0 Å². The van der Waals surface area contributed by atoms with Crippen molar-refractivity contribution in [2.24, 2.45) is 0 Å². The monoisotopic (exact) mass is 401 g/mol. The van der Waals surface area contributed by atoms with Gasteiger partial charge in [-0.25, -0.2) is 4.98 Å². The molecule has 0 saturated heterocycles. The smallest absolute Gasteiger partial charge is 0.271 e. The minimum atomic E-state index is -0.266. The highest BCUT2D eigenvalue weighted by Crippen LogP contribution is 2.28. The standard InChI is InChI=1S/C19H13Cl2N3OS/c20-14-7-4-8-15(21)13(14)9-22-18(25)16-10-24-11-17(26-19(24)23-16)12-5-2-1-3-6-12/h1-8,10-11H,9H2,(H,22,25). The summed E-state index contributed by atoms with van der Waals surface area (Å²) in [6, 6.07) is 15.3. The van der Waals surface area contributed by atoms with E-state index in [1.54, 1.807) is 24.4 Å².